The molecule has 5 heteroatoms. The number of anilines is 1. The maximum Gasteiger partial charge on any atom is 0.270 e. The van der Waals surface area contributed by atoms with Gasteiger partial charge in [0.15, 0.2) is 6.29 Å². The maximum absolute atomic E-state index is 12.1. The van der Waals surface area contributed by atoms with Gasteiger partial charge in [0, 0.05) is 13.1 Å². The molecule has 1 fully saturated rings. The van der Waals surface area contributed by atoms with Crippen LogP contribution in [0.2, 0.25) is 0 Å². The van der Waals surface area contributed by atoms with Gasteiger partial charge in [-0.15, -0.1) is 0 Å². The first-order chi connectivity index (χ1) is 9.60. The quantitative estimate of drug-likeness (QED) is 0.856. The molecule has 0 atom stereocenters. The summed E-state index contributed by atoms with van der Waals surface area (Å²) in [5, 5.41) is 12.4. The van der Waals surface area contributed by atoms with Crippen molar-refractivity contribution in [2.24, 2.45) is 7.05 Å². The Hall–Kier alpha value is -2.09. The molecular formula is C15H19N3O2. The predicted molar refractivity (Wildman–Crippen MR) is 77.0 cm³/mol. The van der Waals surface area contributed by atoms with Gasteiger partial charge in [0.2, 0.25) is 0 Å². The molecule has 20 heavy (non-hydrogen) atoms. The van der Waals surface area contributed by atoms with E-state index in [4.69, 9.17) is 5.26 Å². The van der Waals surface area contributed by atoms with E-state index in [2.05, 4.69) is 5.32 Å². The van der Waals surface area contributed by atoms with Crippen molar-refractivity contribution < 1.29 is 4.79 Å². The van der Waals surface area contributed by atoms with E-state index in [0.29, 0.717) is 23.0 Å². The average molecular weight is 273 g/mol. The molecule has 5 nitrogen and oxygen atoms in total. The molecule has 106 valence electrons. The lowest BCUT2D eigenvalue weighted by molar-refractivity contribution is 0.112. The van der Waals surface area contributed by atoms with Crippen LogP contribution in [0.5, 0.6) is 0 Å². The van der Waals surface area contributed by atoms with Crippen molar-refractivity contribution >= 4 is 12.1 Å². The van der Waals surface area contributed by atoms with E-state index in [1.54, 1.807) is 14.0 Å². The molecule has 0 amide bonds. The standard InChI is InChI=1S/C15H19N3O2/c1-10-12(8-16)15(20)18(2)14(13(10)9-19)17-11-6-4-3-5-7-11/h9,11,17H,3-7H2,1-2H3. The zero-order valence-corrected chi connectivity index (χ0v) is 11.9. The van der Waals surface area contributed by atoms with E-state index in [9.17, 15) is 9.59 Å². The topological polar surface area (TPSA) is 74.9 Å². The van der Waals surface area contributed by atoms with Gasteiger partial charge >= 0.3 is 0 Å². The average Bonchev–Trinajstić information content (AvgIpc) is 2.46. The lowest BCUT2D eigenvalue weighted by atomic mass is 9.95. The summed E-state index contributed by atoms with van der Waals surface area (Å²) in [6, 6.07) is 2.18. The number of hydrogen-bond acceptors (Lipinski definition) is 4. The fourth-order valence-electron chi connectivity index (χ4n) is 2.81. The predicted octanol–water partition coefficient (Wildman–Crippen LogP) is 2.12. The molecule has 1 aromatic heterocycles. The number of aromatic nitrogens is 1. The van der Waals surface area contributed by atoms with Crippen LogP contribution in [-0.4, -0.2) is 16.9 Å². The Kier molecular flexibility index (Phi) is 4.23. The third-order valence-electron chi connectivity index (χ3n) is 4.06. The van der Waals surface area contributed by atoms with E-state index < -0.39 is 0 Å². The molecule has 0 radical (unpaired) electrons. The Labute approximate surface area is 118 Å². The van der Waals surface area contributed by atoms with Gasteiger partial charge in [-0.25, -0.2) is 0 Å². The van der Waals surface area contributed by atoms with Crippen LogP contribution in [0.4, 0.5) is 5.82 Å². The highest BCUT2D eigenvalue weighted by molar-refractivity contribution is 5.86. The first-order valence-electron chi connectivity index (χ1n) is 6.95. The number of hydrogen-bond donors (Lipinski definition) is 1. The maximum atomic E-state index is 12.1. The summed E-state index contributed by atoms with van der Waals surface area (Å²) in [6.45, 7) is 1.65. The normalized spacial score (nSPS) is 15.7. The monoisotopic (exact) mass is 273 g/mol. The van der Waals surface area contributed by atoms with Crippen LogP contribution in [0.15, 0.2) is 4.79 Å². The van der Waals surface area contributed by atoms with Crippen LogP contribution in [0.1, 0.15) is 53.6 Å². The van der Waals surface area contributed by atoms with Crippen molar-refractivity contribution in [3.8, 4) is 6.07 Å². The van der Waals surface area contributed by atoms with Crippen molar-refractivity contribution in [3.05, 3.63) is 27.0 Å². The largest absolute Gasteiger partial charge is 0.368 e. The van der Waals surface area contributed by atoms with Crippen LogP contribution in [-0.2, 0) is 7.05 Å². The number of aldehydes is 1. The summed E-state index contributed by atoms with van der Waals surface area (Å²) in [6.07, 6.45) is 6.39. The molecule has 1 aliphatic carbocycles. The number of pyridine rings is 1. The van der Waals surface area contributed by atoms with Crippen molar-refractivity contribution in [1.82, 2.24) is 4.57 Å². The summed E-state index contributed by atoms with van der Waals surface area (Å²) >= 11 is 0. The Morgan fingerprint density at radius 3 is 2.55 bits per heavy atom. The van der Waals surface area contributed by atoms with Gasteiger partial charge in [-0.1, -0.05) is 19.3 Å². The molecule has 0 aliphatic heterocycles. The smallest absolute Gasteiger partial charge is 0.270 e. The number of nitriles is 1. The van der Waals surface area contributed by atoms with Gasteiger partial charge in [-0.2, -0.15) is 5.26 Å². The molecule has 1 aliphatic rings. The van der Waals surface area contributed by atoms with E-state index in [1.807, 2.05) is 6.07 Å². The fourth-order valence-corrected chi connectivity index (χ4v) is 2.81. The molecule has 1 saturated carbocycles. The Morgan fingerprint density at radius 1 is 1.35 bits per heavy atom. The molecule has 1 aromatic rings. The summed E-state index contributed by atoms with van der Waals surface area (Å²) < 4.78 is 1.38. The van der Waals surface area contributed by atoms with Crippen LogP contribution in [0.25, 0.3) is 0 Å². The molecular weight excluding hydrogens is 254 g/mol. The molecule has 1 heterocycles. The third kappa shape index (κ3) is 2.46. The Morgan fingerprint density at radius 2 is 2.00 bits per heavy atom. The molecule has 2 rings (SSSR count). The van der Waals surface area contributed by atoms with Gasteiger partial charge < -0.3 is 5.32 Å². The van der Waals surface area contributed by atoms with Crippen molar-refractivity contribution in [2.45, 2.75) is 45.1 Å². The van der Waals surface area contributed by atoms with Gasteiger partial charge in [-0.05, 0) is 25.3 Å². The minimum atomic E-state index is -0.353. The first-order valence-corrected chi connectivity index (χ1v) is 6.95. The fraction of sp³-hybridized carbons (Fsp3) is 0.533. The van der Waals surface area contributed by atoms with E-state index in [1.165, 1.54) is 11.0 Å². The molecule has 0 unspecified atom stereocenters. The number of rotatable bonds is 3. The van der Waals surface area contributed by atoms with E-state index in [0.717, 1.165) is 32.0 Å². The first kappa shape index (κ1) is 14.3. The lowest BCUT2D eigenvalue weighted by Gasteiger charge is -2.26. The minimum absolute atomic E-state index is 0.0452. The Bertz CT molecular complexity index is 619. The van der Waals surface area contributed by atoms with Crippen molar-refractivity contribution in [3.63, 3.8) is 0 Å². The molecule has 0 bridgehead atoms. The van der Waals surface area contributed by atoms with Gasteiger partial charge in [0.1, 0.15) is 17.5 Å². The highest BCUT2D eigenvalue weighted by Gasteiger charge is 2.20. The van der Waals surface area contributed by atoms with Crippen LogP contribution in [0, 0.1) is 18.3 Å². The zero-order chi connectivity index (χ0) is 14.7. The lowest BCUT2D eigenvalue weighted by Crippen LogP contribution is -2.31. The highest BCUT2D eigenvalue weighted by Crippen LogP contribution is 2.24. The zero-order valence-electron chi connectivity index (χ0n) is 11.9. The van der Waals surface area contributed by atoms with E-state index >= 15 is 0 Å². The molecule has 0 saturated heterocycles. The van der Waals surface area contributed by atoms with Gasteiger partial charge in [-0.3, -0.25) is 14.2 Å². The molecule has 0 spiro atoms. The number of carbonyl (C=O) groups is 1. The van der Waals surface area contributed by atoms with Crippen LogP contribution in [0.3, 0.4) is 0 Å². The second-order valence-electron chi connectivity index (χ2n) is 5.34. The van der Waals surface area contributed by atoms with Crippen LogP contribution < -0.4 is 10.9 Å². The summed E-state index contributed by atoms with van der Waals surface area (Å²) in [4.78, 5) is 23.5. The number of nitrogens with zero attached hydrogens (tertiary/aromatic N) is 2. The number of carbonyl (C=O) groups excluding carboxylic acids is 1. The van der Waals surface area contributed by atoms with Crippen molar-refractivity contribution in [2.75, 3.05) is 5.32 Å². The minimum Gasteiger partial charge on any atom is -0.368 e. The van der Waals surface area contributed by atoms with Gasteiger partial charge in [0.05, 0.1) is 5.56 Å². The van der Waals surface area contributed by atoms with Crippen molar-refractivity contribution in [1.29, 1.82) is 5.26 Å². The summed E-state index contributed by atoms with van der Waals surface area (Å²) in [5.74, 6) is 0.536. The van der Waals surface area contributed by atoms with Crippen LogP contribution >= 0.6 is 0 Å². The van der Waals surface area contributed by atoms with E-state index in [-0.39, 0.29) is 11.1 Å². The van der Waals surface area contributed by atoms with Gasteiger partial charge in [0.25, 0.3) is 5.56 Å². The summed E-state index contributed by atoms with van der Waals surface area (Å²) in [5.41, 5.74) is 0.566. The summed E-state index contributed by atoms with van der Waals surface area (Å²) in [7, 11) is 1.60. The third-order valence-corrected chi connectivity index (χ3v) is 4.06. The highest BCUT2D eigenvalue weighted by atomic mass is 16.1. The second kappa shape index (κ2) is 5.91. The molecule has 1 N–H and O–H groups in total. The second-order valence-corrected chi connectivity index (χ2v) is 5.34. The molecule has 0 aromatic carbocycles. The Balaban J connectivity index is 2.49. The SMILES string of the molecule is Cc1c(C=O)c(NC2CCCCC2)n(C)c(=O)c1C#N. The number of nitrogens with one attached hydrogen (secondary N) is 1.